The van der Waals surface area contributed by atoms with Crippen molar-refractivity contribution in [3.05, 3.63) is 95.6 Å². The molecule has 8 heteroatoms. The molecule has 1 atom stereocenters. The van der Waals surface area contributed by atoms with Crippen molar-refractivity contribution >= 4 is 23.1 Å². The largest absolute Gasteiger partial charge is 0.489 e. The average molecular weight is 493 g/mol. The lowest BCUT2D eigenvalue weighted by Crippen LogP contribution is -2.13. The van der Waals surface area contributed by atoms with E-state index in [0.717, 1.165) is 16.7 Å². The first-order chi connectivity index (χ1) is 17.1. The van der Waals surface area contributed by atoms with E-state index in [0.29, 0.717) is 41.8 Å². The zero-order valence-corrected chi connectivity index (χ0v) is 20.6. The van der Waals surface area contributed by atoms with Crippen molar-refractivity contribution < 1.29 is 23.8 Å². The lowest BCUT2D eigenvalue weighted by Gasteiger charge is -2.11. The zero-order chi connectivity index (χ0) is 24.9. The van der Waals surface area contributed by atoms with Crippen LogP contribution in [0.5, 0.6) is 11.5 Å². The van der Waals surface area contributed by atoms with Crippen molar-refractivity contribution in [1.82, 2.24) is 0 Å². The Morgan fingerprint density at radius 1 is 0.943 bits per heavy atom. The maximum atomic E-state index is 11.7. The number of carbonyl (C=O) groups excluding carboxylic acids is 1. The highest BCUT2D eigenvalue weighted by atomic mass is 32.1. The Morgan fingerprint density at radius 3 is 2.23 bits per heavy atom. The molecule has 0 amide bonds. The first-order valence-corrected chi connectivity index (χ1v) is 12.0. The molecule has 0 heterocycles. The van der Waals surface area contributed by atoms with Crippen molar-refractivity contribution in [2.24, 2.45) is 5.16 Å². The summed E-state index contributed by atoms with van der Waals surface area (Å²) in [4.78, 5) is 16.7. The van der Waals surface area contributed by atoms with E-state index in [1.165, 1.54) is 7.11 Å². The Kier molecular flexibility index (Phi) is 10.1. The van der Waals surface area contributed by atoms with Gasteiger partial charge in [-0.1, -0.05) is 59.8 Å². The highest BCUT2D eigenvalue weighted by Gasteiger charge is 2.16. The summed E-state index contributed by atoms with van der Waals surface area (Å²) in [6, 6.07) is 24.7. The van der Waals surface area contributed by atoms with Crippen molar-refractivity contribution in [2.75, 3.05) is 20.3 Å². The van der Waals surface area contributed by atoms with Gasteiger partial charge in [0.25, 0.3) is 0 Å². The Balaban J connectivity index is 1.51. The second-order valence-electron chi connectivity index (χ2n) is 7.48. The van der Waals surface area contributed by atoms with E-state index in [2.05, 4.69) is 5.16 Å². The van der Waals surface area contributed by atoms with Crippen LogP contribution in [0.4, 0.5) is 0 Å². The molecule has 3 aromatic rings. The summed E-state index contributed by atoms with van der Waals surface area (Å²) in [6.45, 7) is 2.74. The van der Waals surface area contributed by atoms with Gasteiger partial charge in [0.15, 0.2) is 0 Å². The topological polar surface area (TPSA) is 90.1 Å². The van der Waals surface area contributed by atoms with Gasteiger partial charge in [-0.3, -0.25) is 4.79 Å². The molecule has 0 radical (unpaired) electrons. The molecule has 0 aliphatic heterocycles. The predicted molar refractivity (Wildman–Crippen MR) is 136 cm³/mol. The number of benzene rings is 3. The number of rotatable bonds is 12. The molecular formula is C27H28N2O5S. The van der Waals surface area contributed by atoms with Crippen molar-refractivity contribution in [3.8, 4) is 11.5 Å². The molecule has 182 valence electrons. The van der Waals surface area contributed by atoms with E-state index in [-0.39, 0.29) is 24.2 Å². The molecule has 0 spiro atoms. The SMILES string of the molecule is CCOC(=O)CC(S#N)c1ccc(OCc2ccc(OCC(=NOC)c3ccccc3)cc2)cc1. The van der Waals surface area contributed by atoms with Crippen molar-refractivity contribution in [2.45, 2.75) is 25.2 Å². The molecule has 0 saturated heterocycles. The highest BCUT2D eigenvalue weighted by Crippen LogP contribution is 2.28. The van der Waals surface area contributed by atoms with Crippen molar-refractivity contribution in [1.29, 1.82) is 4.61 Å². The summed E-state index contributed by atoms with van der Waals surface area (Å²) in [5.74, 6) is 1.07. The minimum absolute atomic E-state index is 0.105. The second-order valence-corrected chi connectivity index (χ2v) is 8.26. The number of ether oxygens (including phenoxy) is 3. The van der Waals surface area contributed by atoms with E-state index in [1.54, 1.807) is 6.92 Å². The predicted octanol–water partition coefficient (Wildman–Crippen LogP) is 5.90. The smallest absolute Gasteiger partial charge is 0.307 e. The zero-order valence-electron chi connectivity index (χ0n) is 19.8. The third kappa shape index (κ3) is 8.14. The number of esters is 1. The molecule has 0 bridgehead atoms. The fourth-order valence-corrected chi connectivity index (χ4v) is 3.76. The molecule has 3 aromatic carbocycles. The molecule has 3 rings (SSSR count). The van der Waals surface area contributed by atoms with Crippen LogP contribution in [0.1, 0.15) is 35.3 Å². The summed E-state index contributed by atoms with van der Waals surface area (Å²) < 4.78 is 26.3. The van der Waals surface area contributed by atoms with Gasteiger partial charge in [-0.05, 0) is 42.3 Å². The molecule has 0 N–H and O–H groups in total. The van der Waals surface area contributed by atoms with E-state index >= 15 is 0 Å². The van der Waals surface area contributed by atoms with Crippen LogP contribution in [0.25, 0.3) is 0 Å². The van der Waals surface area contributed by atoms with Crippen molar-refractivity contribution in [3.63, 3.8) is 0 Å². The maximum Gasteiger partial charge on any atom is 0.307 e. The highest BCUT2D eigenvalue weighted by molar-refractivity contribution is 7.85. The van der Waals surface area contributed by atoms with Gasteiger partial charge in [0.2, 0.25) is 0 Å². The summed E-state index contributed by atoms with van der Waals surface area (Å²) in [7, 11) is 1.51. The van der Waals surface area contributed by atoms with Gasteiger partial charge in [0, 0.05) is 17.0 Å². The number of carbonyl (C=O) groups is 1. The molecule has 35 heavy (non-hydrogen) atoms. The first kappa shape index (κ1) is 25.7. The minimum atomic E-state index is -0.382. The van der Waals surface area contributed by atoms with Crippen LogP contribution in [0.2, 0.25) is 0 Å². The number of oxime groups is 1. The normalized spacial score (nSPS) is 11.9. The van der Waals surface area contributed by atoms with E-state index in [9.17, 15) is 9.40 Å². The van der Waals surface area contributed by atoms with Crippen LogP contribution in [0.3, 0.4) is 0 Å². The summed E-state index contributed by atoms with van der Waals surface area (Å²) in [5, 5.41) is 3.69. The van der Waals surface area contributed by atoms with Crippen LogP contribution in [0.15, 0.2) is 84.0 Å². The van der Waals surface area contributed by atoms with Crippen LogP contribution in [-0.4, -0.2) is 32.0 Å². The quantitative estimate of drug-likeness (QED) is 0.178. The second kappa shape index (κ2) is 13.7. The van der Waals surface area contributed by atoms with Gasteiger partial charge in [-0.25, -0.2) is 0 Å². The molecule has 0 aliphatic carbocycles. The standard InChI is InChI=1S/C27H28N2O5S/c1-3-32-27(30)17-26(35-28)22-11-15-24(16-12-22)33-18-20-9-13-23(14-10-20)34-19-25(29-31-2)21-7-5-4-6-8-21/h4-16,26H,3,17-19H2,1-2H3. The Morgan fingerprint density at radius 2 is 1.60 bits per heavy atom. The summed E-state index contributed by atoms with van der Waals surface area (Å²) >= 11 is 0.634. The Labute approximate surface area is 209 Å². The monoisotopic (exact) mass is 492 g/mol. The van der Waals surface area contributed by atoms with E-state index in [1.807, 2.05) is 78.9 Å². The van der Waals surface area contributed by atoms with Crippen LogP contribution in [0, 0.1) is 4.61 Å². The third-order valence-corrected chi connectivity index (χ3v) is 5.74. The van der Waals surface area contributed by atoms with Gasteiger partial charge in [0.1, 0.15) is 37.5 Å². The van der Waals surface area contributed by atoms with Gasteiger partial charge in [0.05, 0.1) is 18.3 Å². The van der Waals surface area contributed by atoms with Crippen LogP contribution < -0.4 is 9.47 Å². The Hall–Kier alpha value is -3.87. The third-order valence-electron chi connectivity index (χ3n) is 5.05. The molecule has 0 aromatic heterocycles. The summed E-state index contributed by atoms with van der Waals surface area (Å²) in [5.41, 5.74) is 3.45. The number of hydrogen-bond acceptors (Lipinski definition) is 7. The minimum Gasteiger partial charge on any atom is -0.489 e. The number of nitrogens with zero attached hydrogens (tertiary/aromatic N) is 2. The van der Waals surface area contributed by atoms with Crippen LogP contribution in [-0.2, 0) is 21.0 Å². The van der Waals surface area contributed by atoms with Gasteiger partial charge in [-0.15, -0.1) is 0 Å². The fraction of sp³-hybridized carbons (Fsp3) is 0.259. The molecule has 7 nitrogen and oxygen atoms in total. The fourth-order valence-electron chi connectivity index (χ4n) is 3.27. The molecule has 1 unspecified atom stereocenters. The average Bonchev–Trinajstić information content (AvgIpc) is 2.90. The lowest BCUT2D eigenvalue weighted by atomic mass is 10.1. The maximum absolute atomic E-state index is 11.7. The van der Waals surface area contributed by atoms with Gasteiger partial charge in [-0.2, -0.15) is 4.61 Å². The Bertz CT molecular complexity index is 1140. The molecule has 0 fully saturated rings. The van der Waals surface area contributed by atoms with Crippen LogP contribution >= 0.6 is 11.4 Å². The molecule has 0 saturated carbocycles. The first-order valence-electron chi connectivity index (χ1n) is 11.2. The molecular weight excluding hydrogens is 464 g/mol. The number of hydrogen-bond donors (Lipinski definition) is 0. The summed E-state index contributed by atoms with van der Waals surface area (Å²) in [6.07, 6.45) is 0.105. The van der Waals surface area contributed by atoms with E-state index in [4.69, 9.17) is 19.0 Å². The van der Waals surface area contributed by atoms with Gasteiger partial charge < -0.3 is 19.0 Å². The lowest BCUT2D eigenvalue weighted by molar-refractivity contribution is -0.143. The van der Waals surface area contributed by atoms with E-state index < -0.39 is 0 Å². The van der Waals surface area contributed by atoms with Gasteiger partial charge >= 0.3 is 5.97 Å². The molecule has 0 aliphatic rings.